The Morgan fingerprint density at radius 3 is 2.79 bits per heavy atom. The van der Waals surface area contributed by atoms with E-state index in [0.717, 1.165) is 16.5 Å². The largest absolute Gasteiger partial charge is 0.329 e. The normalized spacial score (nSPS) is 11.3. The van der Waals surface area contributed by atoms with Crippen LogP contribution in [0.1, 0.15) is 5.56 Å². The highest BCUT2D eigenvalue weighted by Gasteiger charge is 2.15. The van der Waals surface area contributed by atoms with Gasteiger partial charge in [0, 0.05) is 23.1 Å². The van der Waals surface area contributed by atoms with Gasteiger partial charge in [-0.25, -0.2) is 4.39 Å². The molecule has 0 saturated carbocycles. The summed E-state index contributed by atoms with van der Waals surface area (Å²) >= 11 is 6.14. The van der Waals surface area contributed by atoms with E-state index in [2.05, 4.69) is 15.2 Å². The highest BCUT2D eigenvalue weighted by atomic mass is 35.5. The molecule has 4 rings (SSSR count). The zero-order valence-electron chi connectivity index (χ0n) is 13.0. The van der Waals surface area contributed by atoms with Crippen LogP contribution in [0.4, 0.5) is 15.9 Å². The molecule has 0 radical (unpaired) electrons. The first-order chi connectivity index (χ1) is 11.5. The SMILES string of the molecule is Cc1cc(F)cc(N(C)c2nc3nncn3c3cc(Cl)ccc23)c1. The second kappa shape index (κ2) is 5.42. The molecule has 2 aromatic carbocycles. The molecule has 0 N–H and O–H groups in total. The minimum absolute atomic E-state index is 0.284. The molecule has 0 aliphatic heterocycles. The number of anilines is 2. The summed E-state index contributed by atoms with van der Waals surface area (Å²) in [5, 5.41) is 9.42. The first kappa shape index (κ1) is 14.8. The summed E-state index contributed by atoms with van der Waals surface area (Å²) in [5.41, 5.74) is 2.39. The quantitative estimate of drug-likeness (QED) is 0.549. The lowest BCUT2D eigenvalue weighted by molar-refractivity contribution is 0.626. The molecule has 0 spiro atoms. The third-order valence-corrected chi connectivity index (χ3v) is 4.16. The summed E-state index contributed by atoms with van der Waals surface area (Å²) < 4.78 is 15.6. The average molecular weight is 342 g/mol. The van der Waals surface area contributed by atoms with Crippen molar-refractivity contribution < 1.29 is 4.39 Å². The Bertz CT molecular complexity index is 1060. The topological polar surface area (TPSA) is 46.3 Å². The third kappa shape index (κ3) is 2.35. The average Bonchev–Trinajstić information content (AvgIpc) is 3.01. The molecule has 0 amide bonds. The van der Waals surface area contributed by atoms with E-state index in [4.69, 9.17) is 11.6 Å². The van der Waals surface area contributed by atoms with Crippen molar-refractivity contribution in [3.63, 3.8) is 0 Å². The van der Waals surface area contributed by atoms with E-state index >= 15 is 0 Å². The summed E-state index contributed by atoms with van der Waals surface area (Å²) in [4.78, 5) is 6.41. The summed E-state index contributed by atoms with van der Waals surface area (Å²) in [5.74, 6) is 0.833. The molecule has 7 heteroatoms. The van der Waals surface area contributed by atoms with Crippen molar-refractivity contribution in [3.05, 3.63) is 59.1 Å². The van der Waals surface area contributed by atoms with Crippen molar-refractivity contribution in [3.8, 4) is 0 Å². The van der Waals surface area contributed by atoms with Gasteiger partial charge < -0.3 is 4.90 Å². The van der Waals surface area contributed by atoms with E-state index in [0.29, 0.717) is 22.3 Å². The van der Waals surface area contributed by atoms with Gasteiger partial charge in [-0.3, -0.25) is 4.40 Å². The van der Waals surface area contributed by atoms with Gasteiger partial charge in [0.2, 0.25) is 0 Å². The molecule has 0 aliphatic rings. The van der Waals surface area contributed by atoms with Gasteiger partial charge in [-0.05, 0) is 48.9 Å². The van der Waals surface area contributed by atoms with Crippen LogP contribution >= 0.6 is 11.6 Å². The predicted octanol–water partition coefficient (Wildman–Crippen LogP) is 4.15. The Labute approximate surface area is 142 Å². The highest BCUT2D eigenvalue weighted by Crippen LogP contribution is 2.32. The Balaban J connectivity index is 2.00. The van der Waals surface area contributed by atoms with Crippen LogP contribution in [0.25, 0.3) is 16.7 Å². The van der Waals surface area contributed by atoms with Gasteiger partial charge in [-0.1, -0.05) is 11.6 Å². The number of hydrogen-bond donors (Lipinski definition) is 0. The minimum atomic E-state index is -0.284. The second-order valence-electron chi connectivity index (χ2n) is 5.64. The molecule has 0 atom stereocenters. The number of halogens is 2. The summed E-state index contributed by atoms with van der Waals surface area (Å²) in [6.07, 6.45) is 1.59. The van der Waals surface area contributed by atoms with Crippen molar-refractivity contribution >= 4 is 39.8 Å². The van der Waals surface area contributed by atoms with E-state index in [1.807, 2.05) is 37.1 Å². The van der Waals surface area contributed by atoms with Crippen LogP contribution in [-0.4, -0.2) is 26.6 Å². The van der Waals surface area contributed by atoms with Crippen molar-refractivity contribution in [1.29, 1.82) is 0 Å². The molecule has 0 saturated heterocycles. The molecule has 5 nitrogen and oxygen atoms in total. The maximum atomic E-state index is 13.8. The Morgan fingerprint density at radius 2 is 2.00 bits per heavy atom. The van der Waals surface area contributed by atoms with E-state index in [-0.39, 0.29) is 5.82 Å². The van der Waals surface area contributed by atoms with Crippen molar-refractivity contribution in [2.24, 2.45) is 0 Å². The van der Waals surface area contributed by atoms with Gasteiger partial charge in [-0.2, -0.15) is 4.98 Å². The smallest absolute Gasteiger partial charge is 0.257 e. The Hall–Kier alpha value is -2.73. The number of hydrogen-bond acceptors (Lipinski definition) is 4. The first-order valence-corrected chi connectivity index (χ1v) is 7.70. The molecule has 0 unspecified atom stereocenters. The maximum Gasteiger partial charge on any atom is 0.257 e. The standard InChI is InChI=1S/C17H13ClFN5/c1-10-5-12(19)8-13(6-10)23(2)16-14-4-3-11(18)7-15(14)24-9-20-22-17(24)21-16/h3-9H,1-2H3. The van der Waals surface area contributed by atoms with Gasteiger partial charge in [0.15, 0.2) is 0 Å². The summed E-state index contributed by atoms with van der Waals surface area (Å²) in [7, 11) is 1.84. The van der Waals surface area contributed by atoms with Gasteiger partial charge in [-0.15, -0.1) is 10.2 Å². The molecule has 0 aliphatic carbocycles. The lowest BCUT2D eigenvalue weighted by Crippen LogP contribution is -2.13. The van der Waals surface area contributed by atoms with Crippen LogP contribution in [0.5, 0.6) is 0 Å². The zero-order chi connectivity index (χ0) is 16.8. The highest BCUT2D eigenvalue weighted by molar-refractivity contribution is 6.31. The monoisotopic (exact) mass is 341 g/mol. The molecule has 0 fully saturated rings. The molecule has 4 aromatic rings. The third-order valence-electron chi connectivity index (χ3n) is 3.93. The lowest BCUT2D eigenvalue weighted by Gasteiger charge is -2.21. The van der Waals surface area contributed by atoms with E-state index in [9.17, 15) is 4.39 Å². The van der Waals surface area contributed by atoms with Crippen molar-refractivity contribution in [1.82, 2.24) is 19.6 Å². The number of benzene rings is 2. The van der Waals surface area contributed by atoms with E-state index in [1.165, 1.54) is 12.1 Å². The number of nitrogens with zero attached hydrogens (tertiary/aromatic N) is 5. The molecule has 2 aromatic heterocycles. The maximum absolute atomic E-state index is 13.8. The molecular weight excluding hydrogens is 329 g/mol. The van der Waals surface area contributed by atoms with Crippen LogP contribution in [0.3, 0.4) is 0 Å². The number of fused-ring (bicyclic) bond motifs is 3. The van der Waals surface area contributed by atoms with E-state index < -0.39 is 0 Å². The number of aryl methyl sites for hydroxylation is 1. The lowest BCUT2D eigenvalue weighted by atomic mass is 10.2. The number of aromatic nitrogens is 4. The molecule has 2 heterocycles. The van der Waals surface area contributed by atoms with Gasteiger partial charge in [0.05, 0.1) is 5.52 Å². The fourth-order valence-corrected chi connectivity index (χ4v) is 2.98. The van der Waals surface area contributed by atoms with Crippen LogP contribution in [0, 0.1) is 12.7 Å². The van der Waals surface area contributed by atoms with Crippen LogP contribution in [0.15, 0.2) is 42.7 Å². The zero-order valence-corrected chi connectivity index (χ0v) is 13.8. The Kier molecular flexibility index (Phi) is 3.35. The van der Waals surface area contributed by atoms with Crippen LogP contribution in [-0.2, 0) is 0 Å². The molecule has 24 heavy (non-hydrogen) atoms. The second-order valence-corrected chi connectivity index (χ2v) is 6.08. The van der Waals surface area contributed by atoms with Crippen LogP contribution in [0.2, 0.25) is 5.02 Å². The summed E-state index contributed by atoms with van der Waals surface area (Å²) in [6.45, 7) is 1.85. The molecule has 120 valence electrons. The van der Waals surface area contributed by atoms with E-state index in [1.54, 1.807) is 16.8 Å². The fraction of sp³-hybridized carbons (Fsp3) is 0.118. The van der Waals surface area contributed by atoms with Crippen molar-refractivity contribution in [2.75, 3.05) is 11.9 Å². The molecule has 0 bridgehead atoms. The fourth-order valence-electron chi connectivity index (χ4n) is 2.81. The summed E-state index contributed by atoms with van der Waals surface area (Å²) in [6, 6.07) is 10.4. The van der Waals surface area contributed by atoms with Crippen molar-refractivity contribution in [2.45, 2.75) is 6.92 Å². The molecular formula is C17H13ClFN5. The first-order valence-electron chi connectivity index (χ1n) is 7.33. The van der Waals surface area contributed by atoms with Crippen LogP contribution < -0.4 is 4.90 Å². The van der Waals surface area contributed by atoms with Gasteiger partial charge in [0.25, 0.3) is 5.78 Å². The van der Waals surface area contributed by atoms with Gasteiger partial charge in [0.1, 0.15) is 18.0 Å². The minimum Gasteiger partial charge on any atom is -0.329 e. The predicted molar refractivity (Wildman–Crippen MR) is 92.5 cm³/mol. The van der Waals surface area contributed by atoms with Gasteiger partial charge >= 0.3 is 0 Å². The Morgan fingerprint density at radius 1 is 1.17 bits per heavy atom. The number of rotatable bonds is 2.